The summed E-state index contributed by atoms with van der Waals surface area (Å²) in [7, 11) is 0. The second-order valence-electron chi connectivity index (χ2n) is 4.73. The third-order valence-electron chi connectivity index (χ3n) is 3.50. The molecule has 2 rings (SSSR count). The molecule has 1 nitrogen and oxygen atoms in total. The molecule has 0 amide bonds. The largest absolute Gasteiger partial charge is 0.307 e. The van der Waals surface area contributed by atoms with Crippen molar-refractivity contribution in [3.05, 3.63) is 35.4 Å². The minimum atomic E-state index is 0.495. The van der Waals surface area contributed by atoms with Gasteiger partial charge in [-0.1, -0.05) is 37.1 Å². The molecule has 1 heteroatoms. The smallest absolute Gasteiger partial charge is 0.0296 e. The molecule has 1 fully saturated rings. The van der Waals surface area contributed by atoms with E-state index in [4.69, 9.17) is 0 Å². The Morgan fingerprint density at radius 1 is 1.20 bits per heavy atom. The van der Waals surface area contributed by atoms with Crippen LogP contribution in [0.25, 0.3) is 0 Å². The third kappa shape index (κ3) is 2.60. The van der Waals surface area contributed by atoms with Gasteiger partial charge in [-0.3, -0.25) is 0 Å². The van der Waals surface area contributed by atoms with Gasteiger partial charge in [-0.05, 0) is 37.8 Å². The van der Waals surface area contributed by atoms with Crippen LogP contribution >= 0.6 is 0 Å². The highest BCUT2D eigenvalue weighted by Gasteiger charge is 2.17. The van der Waals surface area contributed by atoms with E-state index in [2.05, 4.69) is 43.4 Å². The minimum absolute atomic E-state index is 0.495. The van der Waals surface area contributed by atoms with Crippen LogP contribution in [0.3, 0.4) is 0 Å². The Bertz CT molecular complexity index is 313. The topological polar surface area (TPSA) is 12.0 Å². The quantitative estimate of drug-likeness (QED) is 0.791. The van der Waals surface area contributed by atoms with Crippen molar-refractivity contribution in [1.82, 2.24) is 5.32 Å². The monoisotopic (exact) mass is 203 g/mol. The predicted molar refractivity (Wildman–Crippen MR) is 65.0 cm³/mol. The van der Waals surface area contributed by atoms with Gasteiger partial charge in [-0.2, -0.15) is 0 Å². The minimum Gasteiger partial charge on any atom is -0.307 e. The lowest BCUT2D eigenvalue weighted by atomic mass is 10.0. The molecule has 82 valence electrons. The Hall–Kier alpha value is -0.820. The Labute approximate surface area is 92.9 Å². The van der Waals surface area contributed by atoms with E-state index in [0.717, 1.165) is 6.04 Å². The summed E-state index contributed by atoms with van der Waals surface area (Å²) in [6.07, 6.45) is 5.52. The van der Waals surface area contributed by atoms with Crippen molar-refractivity contribution in [2.24, 2.45) is 0 Å². The maximum Gasteiger partial charge on any atom is 0.0296 e. The number of rotatable bonds is 3. The van der Waals surface area contributed by atoms with Crippen molar-refractivity contribution >= 4 is 0 Å². The van der Waals surface area contributed by atoms with Crippen molar-refractivity contribution in [2.45, 2.75) is 51.6 Å². The van der Waals surface area contributed by atoms with Crippen LogP contribution in [0.4, 0.5) is 0 Å². The van der Waals surface area contributed by atoms with Crippen molar-refractivity contribution in [1.29, 1.82) is 0 Å². The van der Waals surface area contributed by atoms with Gasteiger partial charge in [0, 0.05) is 12.1 Å². The molecule has 1 aliphatic carbocycles. The molecule has 0 aliphatic heterocycles. The molecule has 0 unspecified atom stereocenters. The fraction of sp³-hybridized carbons (Fsp3) is 0.571. The molecule has 0 bridgehead atoms. The summed E-state index contributed by atoms with van der Waals surface area (Å²) >= 11 is 0. The lowest BCUT2D eigenvalue weighted by Gasteiger charge is -2.21. The summed E-state index contributed by atoms with van der Waals surface area (Å²) in [5, 5.41) is 3.74. The molecule has 1 N–H and O–H groups in total. The molecule has 15 heavy (non-hydrogen) atoms. The molecule has 0 aromatic heterocycles. The van der Waals surface area contributed by atoms with Crippen LogP contribution in [-0.4, -0.2) is 6.04 Å². The van der Waals surface area contributed by atoms with Crippen LogP contribution in [0.15, 0.2) is 24.3 Å². The Morgan fingerprint density at radius 2 is 1.87 bits per heavy atom. The van der Waals surface area contributed by atoms with Crippen LogP contribution in [0.2, 0.25) is 0 Å². The van der Waals surface area contributed by atoms with E-state index >= 15 is 0 Å². The standard InChI is InChI=1S/C14H21N/c1-11-7-3-6-10-14(11)12(2)15-13-8-4-5-9-13/h3,6-7,10,12-13,15H,4-5,8-9H2,1-2H3/t12-/m0/s1. The van der Waals surface area contributed by atoms with Crippen molar-refractivity contribution in [3.63, 3.8) is 0 Å². The molecular weight excluding hydrogens is 182 g/mol. The number of hydrogen-bond donors (Lipinski definition) is 1. The lowest BCUT2D eigenvalue weighted by molar-refractivity contribution is 0.460. The van der Waals surface area contributed by atoms with Gasteiger partial charge in [-0.15, -0.1) is 0 Å². The Morgan fingerprint density at radius 3 is 2.53 bits per heavy atom. The van der Waals surface area contributed by atoms with Crippen LogP contribution in [0.5, 0.6) is 0 Å². The number of hydrogen-bond acceptors (Lipinski definition) is 1. The maximum atomic E-state index is 3.74. The first-order chi connectivity index (χ1) is 7.27. The Balaban J connectivity index is 2.00. The molecule has 1 aromatic carbocycles. The van der Waals surface area contributed by atoms with Crippen molar-refractivity contribution in [2.75, 3.05) is 0 Å². The van der Waals surface area contributed by atoms with E-state index in [0.29, 0.717) is 6.04 Å². The van der Waals surface area contributed by atoms with Gasteiger partial charge in [-0.25, -0.2) is 0 Å². The van der Waals surface area contributed by atoms with Gasteiger partial charge in [0.25, 0.3) is 0 Å². The van der Waals surface area contributed by atoms with E-state index < -0.39 is 0 Å². The molecule has 1 aliphatic rings. The molecule has 0 heterocycles. The zero-order valence-corrected chi connectivity index (χ0v) is 9.79. The summed E-state index contributed by atoms with van der Waals surface area (Å²) in [5.74, 6) is 0. The number of nitrogens with one attached hydrogen (secondary N) is 1. The summed E-state index contributed by atoms with van der Waals surface area (Å²) in [6.45, 7) is 4.48. The first kappa shape index (κ1) is 10.7. The van der Waals surface area contributed by atoms with Crippen LogP contribution in [0.1, 0.15) is 49.8 Å². The molecule has 1 saturated carbocycles. The summed E-state index contributed by atoms with van der Waals surface area (Å²) in [4.78, 5) is 0. The van der Waals surface area contributed by atoms with Gasteiger partial charge in [0.1, 0.15) is 0 Å². The first-order valence-corrected chi connectivity index (χ1v) is 6.09. The van der Waals surface area contributed by atoms with Crippen LogP contribution < -0.4 is 5.32 Å². The van der Waals surface area contributed by atoms with E-state index in [1.807, 2.05) is 0 Å². The summed E-state index contributed by atoms with van der Waals surface area (Å²) in [5.41, 5.74) is 2.85. The summed E-state index contributed by atoms with van der Waals surface area (Å²) in [6, 6.07) is 9.93. The molecule has 0 spiro atoms. The fourth-order valence-electron chi connectivity index (χ4n) is 2.61. The highest BCUT2D eigenvalue weighted by Crippen LogP contribution is 2.23. The van der Waals surface area contributed by atoms with Crippen molar-refractivity contribution < 1.29 is 0 Å². The van der Waals surface area contributed by atoms with E-state index in [9.17, 15) is 0 Å². The number of aryl methyl sites for hydroxylation is 1. The van der Waals surface area contributed by atoms with Gasteiger partial charge in [0.2, 0.25) is 0 Å². The molecule has 1 atom stereocenters. The first-order valence-electron chi connectivity index (χ1n) is 6.09. The van der Waals surface area contributed by atoms with Gasteiger partial charge in [0.15, 0.2) is 0 Å². The Kier molecular flexibility index (Phi) is 3.42. The second-order valence-corrected chi connectivity index (χ2v) is 4.73. The molecular formula is C14H21N. The zero-order valence-electron chi connectivity index (χ0n) is 9.79. The maximum absolute atomic E-state index is 3.74. The van der Waals surface area contributed by atoms with E-state index in [1.54, 1.807) is 0 Å². The highest BCUT2D eigenvalue weighted by molar-refractivity contribution is 5.28. The zero-order chi connectivity index (χ0) is 10.7. The highest BCUT2D eigenvalue weighted by atomic mass is 14.9. The van der Waals surface area contributed by atoms with Crippen molar-refractivity contribution in [3.8, 4) is 0 Å². The van der Waals surface area contributed by atoms with Gasteiger partial charge < -0.3 is 5.32 Å². The van der Waals surface area contributed by atoms with E-state index in [-0.39, 0.29) is 0 Å². The lowest BCUT2D eigenvalue weighted by Crippen LogP contribution is -2.29. The fourth-order valence-corrected chi connectivity index (χ4v) is 2.61. The summed E-state index contributed by atoms with van der Waals surface area (Å²) < 4.78 is 0. The normalized spacial score (nSPS) is 19.3. The average molecular weight is 203 g/mol. The third-order valence-corrected chi connectivity index (χ3v) is 3.50. The van der Waals surface area contributed by atoms with E-state index in [1.165, 1.54) is 36.8 Å². The van der Waals surface area contributed by atoms with Gasteiger partial charge >= 0.3 is 0 Å². The number of benzene rings is 1. The molecule has 1 aromatic rings. The van der Waals surface area contributed by atoms with Crippen LogP contribution in [-0.2, 0) is 0 Å². The second kappa shape index (κ2) is 4.80. The average Bonchev–Trinajstić information content (AvgIpc) is 2.71. The SMILES string of the molecule is Cc1ccccc1[C@H](C)NC1CCCC1. The van der Waals surface area contributed by atoms with Crippen LogP contribution in [0, 0.1) is 6.92 Å². The molecule has 0 saturated heterocycles. The predicted octanol–water partition coefficient (Wildman–Crippen LogP) is 3.59. The van der Waals surface area contributed by atoms with Gasteiger partial charge in [0.05, 0.1) is 0 Å². The molecule has 0 radical (unpaired) electrons.